The lowest BCUT2D eigenvalue weighted by atomic mass is 10.2. The molecule has 0 atom stereocenters. The highest BCUT2D eigenvalue weighted by Gasteiger charge is 2.16. The molecule has 6 heteroatoms. The zero-order valence-electron chi connectivity index (χ0n) is 11.7. The Morgan fingerprint density at radius 2 is 1.73 bits per heavy atom. The Bertz CT molecular complexity index is 852. The minimum Gasteiger partial charge on any atom is -0.207 e. The van der Waals surface area contributed by atoms with Crippen LogP contribution in [-0.2, 0) is 10.0 Å². The summed E-state index contributed by atoms with van der Waals surface area (Å²) in [5.41, 5.74) is 1.16. The molecular weight excluding hydrogens is 341 g/mol. The van der Waals surface area contributed by atoms with Gasteiger partial charge in [-0.2, -0.15) is 4.72 Å². The van der Waals surface area contributed by atoms with Crippen molar-refractivity contribution in [1.29, 1.82) is 0 Å². The molecule has 2 rings (SSSR count). The van der Waals surface area contributed by atoms with Crippen LogP contribution in [0.4, 0.5) is 0 Å². The molecule has 2 aromatic rings. The average Bonchev–Trinajstić information content (AvgIpc) is 2.48. The van der Waals surface area contributed by atoms with Gasteiger partial charge in [0.1, 0.15) is 0 Å². The van der Waals surface area contributed by atoms with E-state index in [0.29, 0.717) is 21.2 Å². The first-order valence-corrected chi connectivity index (χ1v) is 8.64. The van der Waals surface area contributed by atoms with Crippen molar-refractivity contribution in [1.82, 2.24) is 4.72 Å². The van der Waals surface area contributed by atoms with Crippen molar-refractivity contribution in [3.8, 4) is 11.8 Å². The van der Waals surface area contributed by atoms with E-state index >= 15 is 0 Å². The number of sulfonamides is 1. The van der Waals surface area contributed by atoms with Crippen molar-refractivity contribution in [2.75, 3.05) is 6.54 Å². The van der Waals surface area contributed by atoms with Crippen LogP contribution in [0.3, 0.4) is 0 Å². The molecule has 22 heavy (non-hydrogen) atoms. The molecule has 0 unspecified atom stereocenters. The fourth-order valence-electron chi connectivity index (χ4n) is 1.79. The third-order valence-electron chi connectivity index (χ3n) is 2.96. The summed E-state index contributed by atoms with van der Waals surface area (Å²) < 4.78 is 26.9. The number of halogens is 2. The molecule has 0 amide bonds. The molecule has 0 bridgehead atoms. The first-order valence-electron chi connectivity index (χ1n) is 6.40. The largest absolute Gasteiger partial charge is 0.241 e. The molecule has 0 saturated carbocycles. The molecule has 114 valence electrons. The fraction of sp³-hybridized carbons (Fsp3) is 0.125. The molecule has 0 aromatic heterocycles. The van der Waals surface area contributed by atoms with Crippen molar-refractivity contribution in [2.45, 2.75) is 11.8 Å². The number of hydrogen-bond donors (Lipinski definition) is 1. The van der Waals surface area contributed by atoms with Gasteiger partial charge in [-0.15, -0.1) is 0 Å². The Hall–Kier alpha value is -1.51. The minimum atomic E-state index is -3.65. The van der Waals surface area contributed by atoms with Gasteiger partial charge in [0.25, 0.3) is 0 Å². The summed E-state index contributed by atoms with van der Waals surface area (Å²) in [7, 11) is -3.65. The van der Waals surface area contributed by atoms with Crippen molar-refractivity contribution < 1.29 is 8.42 Å². The van der Waals surface area contributed by atoms with Crippen molar-refractivity contribution in [3.05, 3.63) is 63.6 Å². The molecule has 0 saturated heterocycles. The normalized spacial score (nSPS) is 10.9. The van der Waals surface area contributed by atoms with E-state index in [1.165, 1.54) is 6.07 Å². The average molecular weight is 354 g/mol. The molecule has 0 heterocycles. The van der Waals surface area contributed by atoms with E-state index in [1.807, 2.05) is 6.07 Å². The summed E-state index contributed by atoms with van der Waals surface area (Å²) in [4.78, 5) is 0.152. The third-order valence-corrected chi connectivity index (χ3v) is 5.24. The van der Waals surface area contributed by atoms with Crippen LogP contribution >= 0.6 is 23.2 Å². The summed E-state index contributed by atoms with van der Waals surface area (Å²) in [6, 6.07) is 11.9. The maximum absolute atomic E-state index is 12.2. The van der Waals surface area contributed by atoms with E-state index in [0.717, 1.165) is 0 Å². The lowest BCUT2D eigenvalue weighted by molar-refractivity contribution is 0.585. The Kier molecular flexibility index (Phi) is 5.49. The summed E-state index contributed by atoms with van der Waals surface area (Å²) in [5.74, 6) is 5.57. The molecule has 0 fully saturated rings. The smallest absolute Gasteiger partial charge is 0.207 e. The van der Waals surface area contributed by atoms with Gasteiger partial charge in [0.15, 0.2) is 0 Å². The van der Waals surface area contributed by atoms with E-state index in [-0.39, 0.29) is 11.4 Å². The summed E-state index contributed by atoms with van der Waals surface area (Å²) >= 11 is 11.9. The molecule has 0 aliphatic rings. The second kappa shape index (κ2) is 7.17. The van der Waals surface area contributed by atoms with E-state index in [9.17, 15) is 8.42 Å². The molecule has 0 aliphatic carbocycles. The maximum atomic E-state index is 12.2. The predicted molar refractivity (Wildman–Crippen MR) is 89.7 cm³/mol. The zero-order chi connectivity index (χ0) is 16.2. The van der Waals surface area contributed by atoms with Crippen LogP contribution in [-0.4, -0.2) is 15.0 Å². The molecule has 0 radical (unpaired) electrons. The van der Waals surface area contributed by atoms with Gasteiger partial charge in [0.05, 0.1) is 16.5 Å². The lowest BCUT2D eigenvalue weighted by Crippen LogP contribution is -2.24. The van der Waals surface area contributed by atoms with Crippen molar-refractivity contribution in [2.24, 2.45) is 0 Å². The van der Waals surface area contributed by atoms with Gasteiger partial charge in [-0.1, -0.05) is 53.2 Å². The van der Waals surface area contributed by atoms with Crippen LogP contribution < -0.4 is 4.72 Å². The zero-order valence-corrected chi connectivity index (χ0v) is 14.1. The predicted octanol–water partition coefficient (Wildman–Crippen LogP) is 3.63. The number of hydrogen-bond acceptors (Lipinski definition) is 2. The number of nitrogens with one attached hydrogen (secondary N) is 1. The Morgan fingerprint density at radius 3 is 2.45 bits per heavy atom. The summed E-state index contributed by atoms with van der Waals surface area (Å²) in [6.45, 7) is 1.64. The van der Waals surface area contributed by atoms with Gasteiger partial charge >= 0.3 is 0 Å². The van der Waals surface area contributed by atoms with Gasteiger partial charge < -0.3 is 0 Å². The van der Waals surface area contributed by atoms with Crippen LogP contribution in [0.15, 0.2) is 47.4 Å². The molecule has 2 aromatic carbocycles. The van der Waals surface area contributed by atoms with Crippen LogP contribution in [0.2, 0.25) is 10.0 Å². The monoisotopic (exact) mass is 353 g/mol. The highest BCUT2D eigenvalue weighted by atomic mass is 35.5. The van der Waals surface area contributed by atoms with E-state index in [1.54, 1.807) is 37.3 Å². The highest BCUT2D eigenvalue weighted by Crippen LogP contribution is 2.22. The van der Waals surface area contributed by atoms with Crippen LogP contribution in [0.5, 0.6) is 0 Å². The minimum absolute atomic E-state index is 0.0144. The second-order valence-electron chi connectivity index (χ2n) is 4.47. The topological polar surface area (TPSA) is 46.2 Å². The molecule has 0 aliphatic heterocycles. The van der Waals surface area contributed by atoms with Crippen molar-refractivity contribution in [3.63, 3.8) is 0 Å². The quantitative estimate of drug-likeness (QED) is 0.856. The SMILES string of the molecule is Cc1c(Cl)cccc1S(=O)(=O)NCC#Cc1ccccc1Cl. The van der Waals surface area contributed by atoms with Crippen LogP contribution in [0, 0.1) is 18.8 Å². The maximum Gasteiger partial charge on any atom is 0.241 e. The number of rotatable bonds is 3. The number of benzene rings is 2. The van der Waals surface area contributed by atoms with Crippen LogP contribution in [0.1, 0.15) is 11.1 Å². The highest BCUT2D eigenvalue weighted by molar-refractivity contribution is 7.89. The van der Waals surface area contributed by atoms with Gasteiger partial charge in [-0.05, 0) is 36.8 Å². The van der Waals surface area contributed by atoms with Gasteiger partial charge in [-0.3, -0.25) is 0 Å². The summed E-state index contributed by atoms with van der Waals surface area (Å²) in [6.07, 6.45) is 0. The van der Waals surface area contributed by atoms with Crippen LogP contribution in [0.25, 0.3) is 0 Å². The van der Waals surface area contributed by atoms with E-state index < -0.39 is 10.0 Å². The first kappa shape index (κ1) is 16.9. The Balaban J connectivity index is 2.12. The summed E-state index contributed by atoms with van der Waals surface area (Å²) in [5, 5.41) is 0.938. The van der Waals surface area contributed by atoms with Gasteiger partial charge in [0.2, 0.25) is 10.0 Å². The fourth-order valence-corrected chi connectivity index (χ4v) is 3.39. The lowest BCUT2D eigenvalue weighted by Gasteiger charge is -2.08. The standard InChI is InChI=1S/C16H13Cl2NO2S/c1-12-14(17)9-4-10-16(12)22(20,21)19-11-5-7-13-6-2-3-8-15(13)18/h2-4,6,8-10,19H,11H2,1H3. The molecular formula is C16H13Cl2NO2S. The van der Waals surface area contributed by atoms with E-state index in [4.69, 9.17) is 23.2 Å². The van der Waals surface area contributed by atoms with Crippen molar-refractivity contribution >= 4 is 33.2 Å². The first-order chi connectivity index (χ1) is 10.4. The van der Waals surface area contributed by atoms with E-state index in [2.05, 4.69) is 16.6 Å². The molecule has 3 nitrogen and oxygen atoms in total. The molecule has 0 spiro atoms. The molecule has 1 N–H and O–H groups in total. The Morgan fingerprint density at radius 1 is 1.05 bits per heavy atom. The van der Waals surface area contributed by atoms with Gasteiger partial charge in [-0.25, -0.2) is 8.42 Å². The Labute approximate surface area is 140 Å². The second-order valence-corrected chi connectivity index (χ2v) is 7.02. The van der Waals surface area contributed by atoms with Gasteiger partial charge in [0, 0.05) is 10.6 Å². The third kappa shape index (κ3) is 4.02.